The van der Waals surface area contributed by atoms with Crippen LogP contribution >= 0.6 is 0 Å². The van der Waals surface area contributed by atoms with E-state index in [4.69, 9.17) is 10.7 Å². The fourth-order valence-electron chi connectivity index (χ4n) is 5.33. The number of guanidine groups is 1. The number of pyridine rings is 1. The predicted molar refractivity (Wildman–Crippen MR) is 117 cm³/mol. The van der Waals surface area contributed by atoms with Crippen LogP contribution in [0.2, 0.25) is 0 Å². The SMILES string of the molecule is CC1(O)CC(N2C(=O)C[C@]3(Cc4c(Nc5ccn6nccc6c5)cccc43)N=C2N)C1. The van der Waals surface area contributed by atoms with Gasteiger partial charge in [-0.2, -0.15) is 5.10 Å². The van der Waals surface area contributed by atoms with Gasteiger partial charge in [-0.3, -0.25) is 9.69 Å². The number of aliphatic imine (C=N–C) groups is 1. The van der Waals surface area contributed by atoms with Gasteiger partial charge >= 0.3 is 0 Å². The number of hydrogen-bond donors (Lipinski definition) is 3. The summed E-state index contributed by atoms with van der Waals surface area (Å²) in [4.78, 5) is 19.4. The quantitative estimate of drug-likeness (QED) is 0.607. The molecule has 0 unspecified atom stereocenters. The third-order valence-corrected chi connectivity index (χ3v) is 6.83. The molecule has 1 amide bonds. The van der Waals surface area contributed by atoms with Crippen LogP contribution in [0.15, 0.2) is 53.8 Å². The van der Waals surface area contributed by atoms with E-state index in [1.54, 1.807) is 18.0 Å². The molecule has 2 aromatic heterocycles. The fourth-order valence-corrected chi connectivity index (χ4v) is 5.33. The van der Waals surface area contributed by atoms with Crippen LogP contribution in [0.5, 0.6) is 0 Å². The molecule has 8 heteroatoms. The Morgan fingerprint density at radius 3 is 2.84 bits per heavy atom. The van der Waals surface area contributed by atoms with Crippen LogP contribution in [0.25, 0.3) is 5.52 Å². The van der Waals surface area contributed by atoms with E-state index < -0.39 is 11.1 Å². The first-order valence-corrected chi connectivity index (χ1v) is 10.6. The van der Waals surface area contributed by atoms with Crippen LogP contribution < -0.4 is 11.1 Å². The number of anilines is 2. The number of hydrogen-bond acceptors (Lipinski definition) is 6. The first-order chi connectivity index (χ1) is 14.8. The minimum atomic E-state index is -0.718. The minimum Gasteiger partial charge on any atom is -0.390 e. The lowest BCUT2D eigenvalue weighted by Crippen LogP contribution is -2.62. The summed E-state index contributed by atoms with van der Waals surface area (Å²) in [5.74, 6) is 0.259. The normalized spacial score (nSPS) is 29.4. The topological polar surface area (TPSA) is 108 Å². The molecule has 0 radical (unpaired) electrons. The molecule has 3 aromatic rings. The van der Waals surface area contributed by atoms with Gasteiger partial charge in [-0.25, -0.2) is 9.51 Å². The first-order valence-electron chi connectivity index (χ1n) is 10.6. The number of nitrogens with one attached hydrogen (secondary N) is 1. The Kier molecular flexibility index (Phi) is 3.60. The molecule has 0 bridgehead atoms. The highest BCUT2D eigenvalue weighted by Gasteiger charge is 2.53. The van der Waals surface area contributed by atoms with Gasteiger partial charge in [0.15, 0.2) is 5.96 Å². The van der Waals surface area contributed by atoms with Crippen LogP contribution in [0, 0.1) is 0 Å². The van der Waals surface area contributed by atoms with Gasteiger partial charge in [0, 0.05) is 36.2 Å². The van der Waals surface area contributed by atoms with Crippen LogP contribution in [0.4, 0.5) is 11.4 Å². The summed E-state index contributed by atoms with van der Waals surface area (Å²) in [5.41, 5.74) is 10.2. The Balaban J connectivity index is 1.28. The second-order valence-electron chi connectivity index (χ2n) is 9.25. The lowest BCUT2D eigenvalue weighted by Gasteiger charge is -2.51. The monoisotopic (exact) mass is 416 g/mol. The van der Waals surface area contributed by atoms with Crippen molar-refractivity contribution in [3.05, 3.63) is 59.9 Å². The van der Waals surface area contributed by atoms with Crippen molar-refractivity contribution in [1.82, 2.24) is 14.5 Å². The second-order valence-corrected chi connectivity index (χ2v) is 9.25. The number of nitrogens with two attached hydrogens (primary N) is 1. The van der Waals surface area contributed by atoms with E-state index in [9.17, 15) is 9.90 Å². The van der Waals surface area contributed by atoms with E-state index in [2.05, 4.69) is 10.4 Å². The van der Waals surface area contributed by atoms with Gasteiger partial charge in [-0.1, -0.05) is 12.1 Å². The number of aromatic nitrogens is 2. The van der Waals surface area contributed by atoms with Crippen molar-refractivity contribution in [3.8, 4) is 0 Å². The van der Waals surface area contributed by atoms with E-state index in [0.29, 0.717) is 25.7 Å². The third-order valence-electron chi connectivity index (χ3n) is 6.83. The third kappa shape index (κ3) is 2.75. The average Bonchev–Trinajstić information content (AvgIpc) is 3.14. The summed E-state index contributed by atoms with van der Waals surface area (Å²) in [7, 11) is 0. The number of rotatable bonds is 3. The molecule has 3 heterocycles. The van der Waals surface area contributed by atoms with E-state index in [0.717, 1.165) is 22.5 Å². The maximum Gasteiger partial charge on any atom is 0.232 e. The lowest BCUT2D eigenvalue weighted by atomic mass is 9.67. The molecule has 2 aliphatic carbocycles. The molecule has 4 N–H and O–H groups in total. The fraction of sp³-hybridized carbons (Fsp3) is 0.348. The van der Waals surface area contributed by atoms with Crippen molar-refractivity contribution in [3.63, 3.8) is 0 Å². The molecule has 31 heavy (non-hydrogen) atoms. The molecule has 1 aromatic carbocycles. The van der Waals surface area contributed by atoms with Gasteiger partial charge in [0.2, 0.25) is 5.91 Å². The standard InChI is InChI=1S/C23H24N6O2/c1-22(31)10-16(11-22)29-20(30)13-23(27-21(29)24)12-17-18(23)3-2-4-19(17)26-14-6-8-28-15(9-14)5-7-25-28/h2-9,16,26,31H,10-13H2,1H3,(H2,24,27)/t16?,22?,23-/m0/s1. The van der Waals surface area contributed by atoms with Gasteiger partial charge in [-0.15, -0.1) is 0 Å². The Morgan fingerprint density at radius 1 is 1.23 bits per heavy atom. The average molecular weight is 416 g/mol. The Hall–Kier alpha value is -3.39. The molecule has 1 atom stereocenters. The maximum absolute atomic E-state index is 13.0. The molecule has 1 saturated carbocycles. The summed E-state index contributed by atoms with van der Waals surface area (Å²) < 4.78 is 1.82. The van der Waals surface area contributed by atoms with Crippen molar-refractivity contribution in [2.75, 3.05) is 5.32 Å². The molecule has 1 spiro atoms. The van der Waals surface area contributed by atoms with Gasteiger partial charge in [0.1, 0.15) is 5.54 Å². The zero-order chi connectivity index (χ0) is 21.4. The smallest absolute Gasteiger partial charge is 0.232 e. The number of carbonyl (C=O) groups is 1. The number of carbonyl (C=O) groups excluding carboxylic acids is 1. The van der Waals surface area contributed by atoms with Gasteiger partial charge in [-0.05, 0) is 55.2 Å². The van der Waals surface area contributed by atoms with Crippen molar-refractivity contribution >= 4 is 28.8 Å². The van der Waals surface area contributed by atoms with E-state index >= 15 is 0 Å². The molecular weight excluding hydrogens is 392 g/mol. The molecule has 6 rings (SSSR count). The summed E-state index contributed by atoms with van der Waals surface area (Å²) in [6.07, 6.45) is 5.75. The maximum atomic E-state index is 13.0. The van der Waals surface area contributed by atoms with Crippen molar-refractivity contribution in [2.45, 2.75) is 49.8 Å². The van der Waals surface area contributed by atoms with Gasteiger partial charge in [0.05, 0.1) is 17.5 Å². The summed E-state index contributed by atoms with van der Waals surface area (Å²) in [5, 5.41) is 17.8. The highest BCUT2D eigenvalue weighted by Crippen LogP contribution is 2.51. The summed E-state index contributed by atoms with van der Waals surface area (Å²) in [6, 6.07) is 12.0. The Bertz CT molecular complexity index is 1250. The van der Waals surface area contributed by atoms with E-state index in [1.165, 1.54) is 5.56 Å². The number of benzene rings is 1. The van der Waals surface area contributed by atoms with Crippen molar-refractivity contribution in [2.24, 2.45) is 10.7 Å². The molecule has 8 nitrogen and oxygen atoms in total. The number of nitrogens with zero attached hydrogens (tertiary/aromatic N) is 4. The lowest BCUT2D eigenvalue weighted by molar-refractivity contribution is -0.139. The van der Waals surface area contributed by atoms with Crippen molar-refractivity contribution in [1.29, 1.82) is 0 Å². The Labute approximate surface area is 179 Å². The second kappa shape index (κ2) is 6.07. The van der Waals surface area contributed by atoms with Gasteiger partial charge in [0.25, 0.3) is 0 Å². The zero-order valence-electron chi connectivity index (χ0n) is 17.2. The predicted octanol–water partition coefficient (Wildman–Crippen LogP) is 2.29. The zero-order valence-corrected chi connectivity index (χ0v) is 17.2. The summed E-state index contributed by atoms with van der Waals surface area (Å²) >= 11 is 0. The van der Waals surface area contributed by atoms with Crippen molar-refractivity contribution < 1.29 is 9.90 Å². The van der Waals surface area contributed by atoms with Crippen LogP contribution in [0.3, 0.4) is 0 Å². The Morgan fingerprint density at radius 2 is 2.06 bits per heavy atom. The van der Waals surface area contributed by atoms with Crippen LogP contribution in [0.1, 0.15) is 37.3 Å². The molecular formula is C23H24N6O2. The molecule has 158 valence electrons. The molecule has 1 aliphatic heterocycles. The molecule has 3 aliphatic rings. The minimum absolute atomic E-state index is 0.0109. The largest absolute Gasteiger partial charge is 0.390 e. The highest BCUT2D eigenvalue weighted by molar-refractivity contribution is 6.00. The number of fused-ring (bicyclic) bond motifs is 3. The number of amides is 1. The van der Waals surface area contributed by atoms with E-state index in [1.807, 2.05) is 47.1 Å². The van der Waals surface area contributed by atoms with Crippen LogP contribution in [-0.2, 0) is 16.8 Å². The summed E-state index contributed by atoms with van der Waals surface area (Å²) in [6.45, 7) is 1.79. The first kappa shape index (κ1) is 18.4. The number of aliphatic hydroxyl groups is 1. The molecule has 1 fully saturated rings. The highest BCUT2D eigenvalue weighted by atomic mass is 16.3. The van der Waals surface area contributed by atoms with Gasteiger partial charge < -0.3 is 16.2 Å². The van der Waals surface area contributed by atoms with Crippen LogP contribution in [-0.4, -0.2) is 43.1 Å². The van der Waals surface area contributed by atoms with E-state index in [-0.39, 0.29) is 17.9 Å². The molecule has 0 saturated heterocycles.